The van der Waals surface area contributed by atoms with Gasteiger partial charge in [0, 0.05) is 60.8 Å². The normalized spacial score (nSPS) is 9.72. The molecule has 6 aromatic carbocycles. The van der Waals surface area contributed by atoms with E-state index in [4.69, 9.17) is 6.42 Å². The molecule has 0 aliphatic rings. The van der Waals surface area contributed by atoms with E-state index in [9.17, 15) is 13.2 Å². The molecule has 0 spiro atoms. The zero-order valence-electron chi connectivity index (χ0n) is 36.6. The largest absolute Gasteiger partial charge is 0.416 e. The Morgan fingerprint density at radius 3 is 1.06 bits per heavy atom. The second kappa shape index (κ2) is 33.4. The van der Waals surface area contributed by atoms with Gasteiger partial charge in [-0.3, -0.25) is 0 Å². The first-order valence-electron chi connectivity index (χ1n) is 21.1. The van der Waals surface area contributed by atoms with E-state index in [1.54, 1.807) is 12.1 Å². The van der Waals surface area contributed by atoms with Crippen LogP contribution in [0.5, 0.6) is 0 Å². The van der Waals surface area contributed by atoms with E-state index in [0.29, 0.717) is 5.56 Å². The van der Waals surface area contributed by atoms with Gasteiger partial charge in [0.15, 0.2) is 0 Å². The van der Waals surface area contributed by atoms with Gasteiger partial charge in [-0.2, -0.15) is 13.2 Å². The summed E-state index contributed by atoms with van der Waals surface area (Å²) in [6.07, 6.45) is 11.6. The van der Waals surface area contributed by atoms with Gasteiger partial charge in [-0.1, -0.05) is 164 Å². The monoisotopic (exact) mass is 1200 g/mol. The van der Waals surface area contributed by atoms with Gasteiger partial charge in [0.2, 0.25) is 0 Å². The Hall–Kier alpha value is -4.12. The third-order valence-electron chi connectivity index (χ3n) is 9.41. The topological polar surface area (TPSA) is 0 Å². The minimum Gasteiger partial charge on any atom is -0.166 e. The zero-order chi connectivity index (χ0) is 45.9. The average molecular weight is 1210 g/mol. The molecule has 0 fully saturated rings. The Kier molecular flexibility index (Phi) is 30.2. The number of hydrogen-bond acceptors (Lipinski definition) is 0. The molecule has 0 aliphatic carbocycles. The molecule has 0 unspecified atom stereocenters. The Bertz CT molecular complexity index is 2390. The molecular formula is C58H58Br2F3IPd. The van der Waals surface area contributed by atoms with E-state index in [-0.39, 0.29) is 33.4 Å². The number of terminal acetylenes is 1. The minimum atomic E-state index is -4.41. The molecule has 342 valence electrons. The van der Waals surface area contributed by atoms with E-state index in [2.05, 4.69) is 172 Å². The second-order valence-electron chi connectivity index (χ2n) is 14.5. The molecule has 0 N–H and O–H groups in total. The Morgan fingerprint density at radius 2 is 0.785 bits per heavy atom. The molecule has 0 bridgehead atoms. The molecule has 0 saturated carbocycles. The van der Waals surface area contributed by atoms with E-state index < -0.39 is 11.7 Å². The van der Waals surface area contributed by atoms with Gasteiger partial charge in [0.1, 0.15) is 0 Å². The number of unbranched alkanes of at least 4 members (excludes halogenated alkanes) is 3. The van der Waals surface area contributed by atoms with Gasteiger partial charge in [0.25, 0.3) is 0 Å². The number of rotatable bonds is 10. The van der Waals surface area contributed by atoms with Crippen LogP contribution in [0.2, 0.25) is 0 Å². The van der Waals surface area contributed by atoms with Crippen LogP contribution in [0.4, 0.5) is 13.2 Å². The summed E-state index contributed by atoms with van der Waals surface area (Å²) in [6.45, 7) is 9.67. The predicted octanol–water partition coefficient (Wildman–Crippen LogP) is 17.9. The number of aryl methyl sites for hydroxylation is 3. The fourth-order valence-corrected chi connectivity index (χ4v) is 6.48. The maximum Gasteiger partial charge on any atom is 0.416 e. The van der Waals surface area contributed by atoms with Crippen LogP contribution in [0, 0.1) is 39.6 Å². The maximum atomic E-state index is 12.6. The van der Waals surface area contributed by atoms with Gasteiger partial charge in [-0.05, 0) is 180 Å². The standard InChI is InChI=1S/C21H19F3.C18H17Br.C12H14.C6H4BrI.CH4.Pd/c1-3-4-5-17-6-8-18(9-7-17)10-11-19-12-14-20(15-13-19)16(2)21(22,23)24;1-2-3-4-15-5-7-16(8-6-15)9-10-17-11-13-18(19)14-12-17;1-3-5-6-12-9-7-11(4-2)8-10-12;7-5-1-3-6(8)4-2-5;;/h6-9,12-15H,2-5H2,1H3;5-8,11-14H,2-4H2,1H3;2,7-10H,3,5-6H2,1H3;1-4H;1H4;. The summed E-state index contributed by atoms with van der Waals surface area (Å²) in [4.78, 5) is 0. The molecule has 0 nitrogen and oxygen atoms in total. The molecule has 0 aromatic heterocycles. The second-order valence-corrected chi connectivity index (χ2v) is 17.6. The van der Waals surface area contributed by atoms with Crippen molar-refractivity contribution >= 4 is 60.0 Å². The van der Waals surface area contributed by atoms with E-state index in [0.717, 1.165) is 50.5 Å². The molecule has 65 heavy (non-hydrogen) atoms. The summed E-state index contributed by atoms with van der Waals surface area (Å²) in [5.74, 6) is 15.0. The molecule has 0 atom stereocenters. The Balaban J connectivity index is 0.000000459. The molecule has 0 radical (unpaired) electrons. The van der Waals surface area contributed by atoms with Crippen molar-refractivity contribution in [3.63, 3.8) is 0 Å². The summed E-state index contributed by atoms with van der Waals surface area (Å²) in [6, 6.07) is 47.1. The van der Waals surface area contributed by atoms with E-state index in [1.165, 1.54) is 70.9 Å². The van der Waals surface area contributed by atoms with Crippen molar-refractivity contribution in [1.82, 2.24) is 0 Å². The zero-order valence-corrected chi connectivity index (χ0v) is 43.5. The minimum absolute atomic E-state index is 0. The summed E-state index contributed by atoms with van der Waals surface area (Å²) < 4.78 is 41.3. The van der Waals surface area contributed by atoms with Gasteiger partial charge < -0.3 is 0 Å². The molecule has 7 heteroatoms. The third kappa shape index (κ3) is 24.8. The average Bonchev–Trinajstić information content (AvgIpc) is 3.30. The molecular weight excluding hydrogens is 1150 g/mol. The van der Waals surface area contributed by atoms with Crippen molar-refractivity contribution in [3.05, 3.63) is 215 Å². The van der Waals surface area contributed by atoms with Crippen molar-refractivity contribution in [2.75, 3.05) is 0 Å². The summed E-state index contributed by atoms with van der Waals surface area (Å²) in [5, 5.41) is 0. The van der Waals surface area contributed by atoms with Crippen LogP contribution in [-0.2, 0) is 39.7 Å². The van der Waals surface area contributed by atoms with Crippen LogP contribution in [0.3, 0.4) is 0 Å². The van der Waals surface area contributed by atoms with Gasteiger partial charge in [0.05, 0.1) is 5.57 Å². The van der Waals surface area contributed by atoms with Gasteiger partial charge >= 0.3 is 6.18 Å². The maximum absolute atomic E-state index is 12.6. The van der Waals surface area contributed by atoms with E-state index >= 15 is 0 Å². The molecule has 6 aromatic rings. The van der Waals surface area contributed by atoms with Crippen molar-refractivity contribution in [3.8, 4) is 36.0 Å². The van der Waals surface area contributed by atoms with Crippen molar-refractivity contribution in [2.45, 2.75) is 92.2 Å². The summed E-state index contributed by atoms with van der Waals surface area (Å²) >= 11 is 9.04. The van der Waals surface area contributed by atoms with Crippen molar-refractivity contribution in [1.29, 1.82) is 0 Å². The predicted molar refractivity (Wildman–Crippen MR) is 284 cm³/mol. The molecule has 0 saturated heterocycles. The van der Waals surface area contributed by atoms with Gasteiger partial charge in [-0.25, -0.2) is 0 Å². The number of benzene rings is 6. The van der Waals surface area contributed by atoms with Gasteiger partial charge in [-0.15, -0.1) is 6.42 Å². The first kappa shape index (κ1) is 58.9. The SMILES string of the molecule is Brc1ccc(I)cc1.C.C#Cc1ccc(CCCC)cc1.C=C(c1ccc(C#Cc2ccc(CCCC)cc2)cc1)C(F)(F)F.CCCCc1ccc(C#Cc2ccc(Br)cc2)cc1.[Pd]. The third-order valence-corrected chi connectivity index (χ3v) is 11.2. The Labute approximate surface area is 432 Å². The first-order valence-corrected chi connectivity index (χ1v) is 23.8. The molecule has 0 heterocycles. The van der Waals surface area contributed by atoms with Crippen molar-refractivity contribution in [2.24, 2.45) is 0 Å². The fourth-order valence-electron chi connectivity index (χ4n) is 5.59. The fraction of sp³-hybridized carbons (Fsp3) is 0.241. The number of halogens is 6. The first-order chi connectivity index (χ1) is 30.3. The summed E-state index contributed by atoms with van der Waals surface area (Å²) in [5.41, 5.74) is 7.93. The van der Waals surface area contributed by atoms with Crippen LogP contribution < -0.4 is 0 Å². The summed E-state index contributed by atoms with van der Waals surface area (Å²) in [7, 11) is 0. The smallest absolute Gasteiger partial charge is 0.166 e. The van der Waals surface area contributed by atoms with Crippen LogP contribution >= 0.6 is 54.5 Å². The van der Waals surface area contributed by atoms with Crippen molar-refractivity contribution < 1.29 is 33.6 Å². The van der Waals surface area contributed by atoms with Crippen LogP contribution in [0.15, 0.2) is 161 Å². The van der Waals surface area contributed by atoms with Crippen LogP contribution in [0.25, 0.3) is 5.57 Å². The van der Waals surface area contributed by atoms with E-state index in [1.807, 2.05) is 60.7 Å². The molecule has 0 aliphatic heterocycles. The number of hydrogen-bond donors (Lipinski definition) is 0. The Morgan fingerprint density at radius 1 is 0.508 bits per heavy atom. The number of allylic oxidation sites excluding steroid dienone is 1. The van der Waals surface area contributed by atoms with Crippen LogP contribution in [-0.4, -0.2) is 6.18 Å². The molecule has 0 amide bonds. The quantitative estimate of drug-likeness (QED) is 0.0729. The molecule has 6 rings (SSSR count). The number of alkyl halides is 3. The van der Waals surface area contributed by atoms with Crippen LogP contribution in [0.1, 0.15) is 117 Å².